The van der Waals surface area contributed by atoms with Crippen molar-refractivity contribution in [1.29, 1.82) is 0 Å². The highest BCUT2D eigenvalue weighted by Crippen LogP contribution is 2.23. The van der Waals surface area contributed by atoms with E-state index in [1.54, 1.807) is 16.8 Å². The number of pyridine rings is 1. The van der Waals surface area contributed by atoms with E-state index in [-0.39, 0.29) is 6.54 Å². The number of nitrogens with zero attached hydrogens (tertiary/aromatic N) is 3. The van der Waals surface area contributed by atoms with Gasteiger partial charge in [0.15, 0.2) is 5.65 Å². The fourth-order valence-corrected chi connectivity index (χ4v) is 2.05. The standard InChI is InChI=1S/C14H11N3O2/c18-12(19)9-17-13(10-5-2-1-3-6-10)16-11-7-4-8-15-14(11)17/h1-8H,9H2,(H,18,19). The normalized spacial score (nSPS) is 10.7. The van der Waals surface area contributed by atoms with Gasteiger partial charge in [-0.1, -0.05) is 30.3 Å². The molecule has 1 N–H and O–H groups in total. The molecule has 5 nitrogen and oxygen atoms in total. The maximum Gasteiger partial charge on any atom is 0.323 e. The number of hydrogen-bond acceptors (Lipinski definition) is 3. The molecule has 0 saturated carbocycles. The highest BCUT2D eigenvalue weighted by atomic mass is 16.4. The zero-order valence-corrected chi connectivity index (χ0v) is 10.0. The number of carboxylic acid groups (broad SMARTS) is 1. The molecule has 5 heteroatoms. The molecule has 0 aliphatic rings. The number of carboxylic acids is 1. The van der Waals surface area contributed by atoms with Crippen molar-refractivity contribution in [1.82, 2.24) is 14.5 Å². The van der Waals surface area contributed by atoms with Crippen LogP contribution in [0, 0.1) is 0 Å². The van der Waals surface area contributed by atoms with Gasteiger partial charge in [0, 0.05) is 11.8 Å². The van der Waals surface area contributed by atoms with Gasteiger partial charge in [-0.2, -0.15) is 0 Å². The van der Waals surface area contributed by atoms with E-state index in [0.717, 1.165) is 5.56 Å². The molecule has 0 spiro atoms. The zero-order chi connectivity index (χ0) is 13.2. The fourth-order valence-electron chi connectivity index (χ4n) is 2.05. The lowest BCUT2D eigenvalue weighted by atomic mass is 10.2. The Morgan fingerprint density at radius 2 is 1.95 bits per heavy atom. The molecule has 0 bridgehead atoms. The molecular weight excluding hydrogens is 242 g/mol. The van der Waals surface area contributed by atoms with E-state index in [1.165, 1.54) is 0 Å². The first-order valence-electron chi connectivity index (χ1n) is 5.84. The minimum Gasteiger partial charge on any atom is -0.480 e. The van der Waals surface area contributed by atoms with Crippen LogP contribution in [0.25, 0.3) is 22.6 Å². The maximum atomic E-state index is 11.0. The largest absolute Gasteiger partial charge is 0.480 e. The molecule has 94 valence electrons. The Hall–Kier alpha value is -2.69. The van der Waals surface area contributed by atoms with Gasteiger partial charge in [0.2, 0.25) is 0 Å². The Kier molecular flexibility index (Phi) is 2.72. The quantitative estimate of drug-likeness (QED) is 0.776. The van der Waals surface area contributed by atoms with Gasteiger partial charge < -0.3 is 5.11 Å². The molecule has 0 radical (unpaired) electrons. The van der Waals surface area contributed by atoms with Crippen LogP contribution in [-0.4, -0.2) is 25.6 Å². The second-order valence-corrected chi connectivity index (χ2v) is 4.13. The highest BCUT2D eigenvalue weighted by Gasteiger charge is 2.15. The van der Waals surface area contributed by atoms with Crippen molar-refractivity contribution >= 4 is 17.1 Å². The van der Waals surface area contributed by atoms with Crippen molar-refractivity contribution < 1.29 is 9.90 Å². The van der Waals surface area contributed by atoms with Crippen LogP contribution in [0.1, 0.15) is 0 Å². The van der Waals surface area contributed by atoms with Crippen molar-refractivity contribution in [2.24, 2.45) is 0 Å². The Labute approximate surface area is 109 Å². The lowest BCUT2D eigenvalue weighted by Gasteiger charge is -2.05. The van der Waals surface area contributed by atoms with Gasteiger partial charge in [0.1, 0.15) is 17.9 Å². The summed E-state index contributed by atoms with van der Waals surface area (Å²) in [5.74, 6) is -0.293. The smallest absolute Gasteiger partial charge is 0.323 e. The number of rotatable bonds is 3. The van der Waals surface area contributed by atoms with E-state index in [4.69, 9.17) is 5.11 Å². The first kappa shape index (κ1) is 11.4. The summed E-state index contributed by atoms with van der Waals surface area (Å²) in [6.07, 6.45) is 1.64. The third kappa shape index (κ3) is 2.06. The van der Waals surface area contributed by atoms with Crippen LogP contribution in [0.3, 0.4) is 0 Å². The van der Waals surface area contributed by atoms with Gasteiger partial charge in [0.25, 0.3) is 0 Å². The van der Waals surface area contributed by atoms with Crippen molar-refractivity contribution in [3.8, 4) is 11.4 Å². The zero-order valence-electron chi connectivity index (χ0n) is 10.0. The van der Waals surface area contributed by atoms with E-state index in [1.807, 2.05) is 36.4 Å². The lowest BCUT2D eigenvalue weighted by molar-refractivity contribution is -0.137. The van der Waals surface area contributed by atoms with Gasteiger partial charge in [-0.25, -0.2) is 9.97 Å². The summed E-state index contributed by atoms with van der Waals surface area (Å²) in [4.78, 5) is 19.7. The van der Waals surface area contributed by atoms with E-state index in [0.29, 0.717) is 17.0 Å². The van der Waals surface area contributed by atoms with Gasteiger partial charge in [-0.05, 0) is 12.1 Å². The second-order valence-electron chi connectivity index (χ2n) is 4.13. The SMILES string of the molecule is O=C(O)Cn1c(-c2ccccc2)nc2cccnc21. The molecule has 0 amide bonds. The number of carbonyl (C=O) groups is 1. The van der Waals surface area contributed by atoms with Crippen molar-refractivity contribution in [2.75, 3.05) is 0 Å². The third-order valence-electron chi connectivity index (χ3n) is 2.83. The van der Waals surface area contributed by atoms with Crippen LogP contribution in [0.2, 0.25) is 0 Å². The third-order valence-corrected chi connectivity index (χ3v) is 2.83. The predicted octanol–water partition coefficient (Wildman–Crippen LogP) is 2.18. The molecule has 0 aliphatic heterocycles. The second kappa shape index (κ2) is 4.53. The number of benzene rings is 1. The van der Waals surface area contributed by atoms with Crippen LogP contribution >= 0.6 is 0 Å². The van der Waals surface area contributed by atoms with E-state index < -0.39 is 5.97 Å². The summed E-state index contributed by atoms with van der Waals surface area (Å²) < 4.78 is 1.62. The van der Waals surface area contributed by atoms with Gasteiger partial charge in [-0.3, -0.25) is 9.36 Å². The van der Waals surface area contributed by atoms with Crippen LogP contribution in [0.15, 0.2) is 48.7 Å². The molecule has 19 heavy (non-hydrogen) atoms. The maximum absolute atomic E-state index is 11.0. The lowest BCUT2D eigenvalue weighted by Crippen LogP contribution is -2.10. The summed E-state index contributed by atoms with van der Waals surface area (Å²) in [6.45, 7) is -0.155. The summed E-state index contributed by atoms with van der Waals surface area (Å²) in [5, 5.41) is 9.04. The minimum absolute atomic E-state index is 0.155. The van der Waals surface area contributed by atoms with E-state index >= 15 is 0 Å². The summed E-state index contributed by atoms with van der Waals surface area (Å²) in [6, 6.07) is 13.1. The predicted molar refractivity (Wildman–Crippen MR) is 70.6 cm³/mol. The van der Waals surface area contributed by atoms with Gasteiger partial charge in [-0.15, -0.1) is 0 Å². The van der Waals surface area contributed by atoms with E-state index in [2.05, 4.69) is 9.97 Å². The fraction of sp³-hybridized carbons (Fsp3) is 0.0714. The van der Waals surface area contributed by atoms with E-state index in [9.17, 15) is 4.79 Å². The van der Waals surface area contributed by atoms with Crippen LogP contribution in [-0.2, 0) is 11.3 Å². The van der Waals surface area contributed by atoms with Crippen molar-refractivity contribution in [3.63, 3.8) is 0 Å². The molecule has 2 aromatic heterocycles. The average Bonchev–Trinajstić information content (AvgIpc) is 2.78. The van der Waals surface area contributed by atoms with Crippen molar-refractivity contribution in [3.05, 3.63) is 48.7 Å². The molecule has 0 atom stereocenters. The number of hydrogen-bond donors (Lipinski definition) is 1. The Bertz CT molecular complexity index is 735. The molecular formula is C14H11N3O2. The van der Waals surface area contributed by atoms with Crippen LogP contribution in [0.5, 0.6) is 0 Å². The van der Waals surface area contributed by atoms with Crippen LogP contribution in [0.4, 0.5) is 0 Å². The molecule has 2 heterocycles. The van der Waals surface area contributed by atoms with Crippen molar-refractivity contribution in [2.45, 2.75) is 6.54 Å². The molecule has 0 unspecified atom stereocenters. The van der Waals surface area contributed by atoms with Crippen LogP contribution < -0.4 is 0 Å². The number of aromatic nitrogens is 3. The summed E-state index contributed by atoms with van der Waals surface area (Å²) in [7, 11) is 0. The molecule has 0 fully saturated rings. The molecule has 0 aliphatic carbocycles. The molecule has 3 aromatic rings. The van der Waals surface area contributed by atoms with Gasteiger partial charge in [0.05, 0.1) is 0 Å². The Morgan fingerprint density at radius 3 is 2.68 bits per heavy atom. The number of aliphatic carboxylic acids is 1. The highest BCUT2D eigenvalue weighted by molar-refractivity contribution is 5.79. The summed E-state index contributed by atoms with van der Waals surface area (Å²) in [5.41, 5.74) is 2.16. The first-order chi connectivity index (χ1) is 9.25. The number of fused-ring (bicyclic) bond motifs is 1. The number of imidazole rings is 1. The Morgan fingerprint density at radius 1 is 1.16 bits per heavy atom. The minimum atomic E-state index is -0.915. The summed E-state index contributed by atoms with van der Waals surface area (Å²) >= 11 is 0. The average molecular weight is 253 g/mol. The molecule has 0 saturated heterocycles. The van der Waals surface area contributed by atoms with Gasteiger partial charge >= 0.3 is 5.97 Å². The molecule has 3 rings (SSSR count). The first-order valence-corrected chi connectivity index (χ1v) is 5.84. The topological polar surface area (TPSA) is 68.0 Å². The Balaban J connectivity index is 2.26. The monoisotopic (exact) mass is 253 g/mol. The molecule has 1 aromatic carbocycles.